The average molecular weight is 202 g/mol. The lowest BCUT2D eigenvalue weighted by Crippen LogP contribution is -2.38. The topological polar surface area (TPSA) is 77.8 Å². The van der Waals surface area contributed by atoms with Crippen molar-refractivity contribution < 1.29 is 28.7 Å². The molecule has 0 spiro atoms. The summed E-state index contributed by atoms with van der Waals surface area (Å²) in [6, 6.07) is 1.36. The van der Waals surface area contributed by atoms with Gasteiger partial charge in [-0.05, 0) is 12.1 Å². The van der Waals surface area contributed by atoms with Crippen LogP contribution < -0.4 is 5.46 Å². The lowest BCUT2D eigenvalue weighted by atomic mass is 9.76. The second-order valence-electron chi connectivity index (χ2n) is 2.50. The molecule has 14 heavy (non-hydrogen) atoms. The molecule has 0 atom stereocenters. The number of hydrogen-bond donors (Lipinski definition) is 3. The summed E-state index contributed by atoms with van der Waals surface area (Å²) in [5.74, 6) is -4.47. The van der Waals surface area contributed by atoms with Crippen LogP contribution in [-0.4, -0.2) is 28.2 Å². The van der Waals surface area contributed by atoms with E-state index in [0.717, 1.165) is 6.07 Å². The number of carboxylic acids is 1. The maximum atomic E-state index is 12.9. The van der Waals surface area contributed by atoms with Crippen LogP contribution in [0.25, 0.3) is 0 Å². The summed E-state index contributed by atoms with van der Waals surface area (Å²) in [6.45, 7) is 0. The average Bonchev–Trinajstić information content (AvgIpc) is 2.08. The number of benzene rings is 1. The predicted molar refractivity (Wildman–Crippen MR) is 43.1 cm³/mol. The molecule has 0 radical (unpaired) electrons. The van der Waals surface area contributed by atoms with Crippen LogP contribution in [0, 0.1) is 11.6 Å². The first-order chi connectivity index (χ1) is 6.45. The van der Waals surface area contributed by atoms with Gasteiger partial charge in [-0.2, -0.15) is 0 Å². The molecule has 0 saturated heterocycles. The van der Waals surface area contributed by atoms with Gasteiger partial charge in [0.15, 0.2) is 11.6 Å². The van der Waals surface area contributed by atoms with Crippen molar-refractivity contribution in [2.75, 3.05) is 0 Å². The van der Waals surface area contributed by atoms with E-state index in [0.29, 0.717) is 6.07 Å². The quantitative estimate of drug-likeness (QED) is 0.556. The van der Waals surface area contributed by atoms with Crippen molar-refractivity contribution in [3.63, 3.8) is 0 Å². The van der Waals surface area contributed by atoms with E-state index in [1.165, 1.54) is 0 Å². The molecule has 0 amide bonds. The largest absolute Gasteiger partial charge is 0.492 e. The van der Waals surface area contributed by atoms with Gasteiger partial charge in [0.1, 0.15) is 0 Å². The van der Waals surface area contributed by atoms with Crippen LogP contribution >= 0.6 is 0 Å². The zero-order valence-electron chi connectivity index (χ0n) is 6.74. The Kier molecular flexibility index (Phi) is 2.83. The molecule has 1 aromatic carbocycles. The first-order valence-electron chi connectivity index (χ1n) is 3.52. The lowest BCUT2D eigenvalue weighted by Gasteiger charge is -2.06. The van der Waals surface area contributed by atoms with Crippen LogP contribution in [0.15, 0.2) is 12.1 Å². The number of hydrogen-bond acceptors (Lipinski definition) is 3. The highest BCUT2D eigenvalue weighted by Gasteiger charge is 2.26. The molecule has 0 heterocycles. The highest BCUT2D eigenvalue weighted by Crippen LogP contribution is 2.07. The van der Waals surface area contributed by atoms with Gasteiger partial charge in [-0.15, -0.1) is 0 Å². The first kappa shape index (κ1) is 10.6. The van der Waals surface area contributed by atoms with Crippen molar-refractivity contribution in [1.29, 1.82) is 0 Å². The fraction of sp³-hybridized carbons (Fsp3) is 0. The SMILES string of the molecule is O=C(O)c1ccc(F)c(F)c1B(O)O. The van der Waals surface area contributed by atoms with Gasteiger partial charge in [-0.25, -0.2) is 13.6 Å². The van der Waals surface area contributed by atoms with Crippen molar-refractivity contribution in [1.82, 2.24) is 0 Å². The van der Waals surface area contributed by atoms with Gasteiger partial charge < -0.3 is 15.2 Å². The Hall–Kier alpha value is -1.47. The third-order valence-corrected chi connectivity index (χ3v) is 1.62. The lowest BCUT2D eigenvalue weighted by molar-refractivity contribution is 0.0697. The van der Waals surface area contributed by atoms with Gasteiger partial charge in [-0.1, -0.05) is 0 Å². The van der Waals surface area contributed by atoms with Gasteiger partial charge >= 0.3 is 13.1 Å². The second-order valence-corrected chi connectivity index (χ2v) is 2.50. The Morgan fingerprint density at radius 1 is 1.29 bits per heavy atom. The van der Waals surface area contributed by atoms with Crippen molar-refractivity contribution >= 4 is 18.6 Å². The Bertz CT molecular complexity index is 380. The van der Waals surface area contributed by atoms with Crippen LogP contribution in [-0.2, 0) is 0 Å². The summed E-state index contributed by atoms with van der Waals surface area (Å²) in [5.41, 5.74) is -1.66. The Labute approximate surface area is 77.6 Å². The molecule has 0 fully saturated rings. The van der Waals surface area contributed by atoms with E-state index in [9.17, 15) is 13.6 Å². The molecular weight excluding hydrogens is 197 g/mol. The van der Waals surface area contributed by atoms with Crippen molar-refractivity contribution in [3.05, 3.63) is 29.3 Å². The van der Waals surface area contributed by atoms with E-state index in [1.54, 1.807) is 0 Å². The monoisotopic (exact) mass is 202 g/mol. The van der Waals surface area contributed by atoms with Crippen LogP contribution in [0.5, 0.6) is 0 Å². The van der Waals surface area contributed by atoms with Gasteiger partial charge in [0.2, 0.25) is 0 Å². The highest BCUT2D eigenvalue weighted by molar-refractivity contribution is 6.60. The molecule has 3 N–H and O–H groups in total. The molecular formula is C7H5BF2O4. The summed E-state index contributed by atoms with van der Waals surface area (Å²) < 4.78 is 25.5. The summed E-state index contributed by atoms with van der Waals surface area (Å²) in [5, 5.41) is 25.8. The molecule has 1 rings (SSSR count). The zero-order valence-corrected chi connectivity index (χ0v) is 6.74. The van der Waals surface area contributed by atoms with Gasteiger partial charge in [0.25, 0.3) is 0 Å². The normalized spacial score (nSPS) is 10.0. The zero-order chi connectivity index (χ0) is 10.9. The number of halogens is 2. The first-order valence-corrected chi connectivity index (χ1v) is 3.52. The number of aromatic carboxylic acids is 1. The molecule has 0 aliphatic carbocycles. The van der Waals surface area contributed by atoms with Crippen LogP contribution in [0.3, 0.4) is 0 Å². The third-order valence-electron chi connectivity index (χ3n) is 1.62. The number of rotatable bonds is 2. The molecule has 74 valence electrons. The van der Waals surface area contributed by atoms with Gasteiger partial charge in [0.05, 0.1) is 5.56 Å². The highest BCUT2D eigenvalue weighted by atomic mass is 19.2. The van der Waals surface area contributed by atoms with E-state index in [4.69, 9.17) is 15.2 Å². The minimum atomic E-state index is -2.36. The molecule has 0 saturated carbocycles. The van der Waals surface area contributed by atoms with E-state index in [2.05, 4.69) is 0 Å². The number of carbonyl (C=O) groups is 1. The maximum Gasteiger partial charge on any atom is 0.492 e. The van der Waals surface area contributed by atoms with E-state index in [-0.39, 0.29) is 0 Å². The summed E-state index contributed by atoms with van der Waals surface area (Å²) >= 11 is 0. The maximum absolute atomic E-state index is 12.9. The standard InChI is InChI=1S/C7H5BF2O4/c9-4-2-1-3(7(11)12)5(6(4)10)8(13)14/h1-2,13-14H,(H,11,12). The van der Waals surface area contributed by atoms with Crippen molar-refractivity contribution in [2.45, 2.75) is 0 Å². The molecule has 4 nitrogen and oxygen atoms in total. The Balaban J connectivity index is 3.45. The molecule has 0 aliphatic heterocycles. The van der Waals surface area contributed by atoms with Crippen LogP contribution in [0.2, 0.25) is 0 Å². The molecule has 0 aromatic heterocycles. The molecule has 0 bridgehead atoms. The summed E-state index contributed by atoms with van der Waals surface area (Å²) in [4.78, 5) is 10.5. The van der Waals surface area contributed by atoms with Gasteiger partial charge in [-0.3, -0.25) is 0 Å². The van der Waals surface area contributed by atoms with Gasteiger partial charge in [0, 0.05) is 5.46 Å². The Morgan fingerprint density at radius 2 is 1.86 bits per heavy atom. The van der Waals surface area contributed by atoms with E-state index < -0.39 is 35.7 Å². The smallest absolute Gasteiger partial charge is 0.478 e. The number of carboxylic acid groups (broad SMARTS) is 1. The van der Waals surface area contributed by atoms with Crippen LogP contribution in [0.1, 0.15) is 10.4 Å². The summed E-state index contributed by atoms with van der Waals surface area (Å²) in [7, 11) is -2.36. The minimum absolute atomic E-state index is 0.602. The molecule has 1 aromatic rings. The third kappa shape index (κ3) is 1.73. The minimum Gasteiger partial charge on any atom is -0.478 e. The van der Waals surface area contributed by atoms with Crippen LogP contribution in [0.4, 0.5) is 8.78 Å². The fourth-order valence-corrected chi connectivity index (χ4v) is 1.01. The molecule has 0 unspecified atom stereocenters. The van der Waals surface area contributed by atoms with E-state index in [1.807, 2.05) is 0 Å². The van der Waals surface area contributed by atoms with Crippen molar-refractivity contribution in [2.24, 2.45) is 0 Å². The molecule has 7 heteroatoms. The predicted octanol–water partition coefficient (Wildman–Crippen LogP) is -0.657. The van der Waals surface area contributed by atoms with Crippen molar-refractivity contribution in [3.8, 4) is 0 Å². The molecule has 0 aliphatic rings. The summed E-state index contributed by atoms with van der Waals surface area (Å²) in [6.07, 6.45) is 0. The fourth-order valence-electron chi connectivity index (χ4n) is 1.01. The van der Waals surface area contributed by atoms with E-state index >= 15 is 0 Å². The second kappa shape index (κ2) is 3.73. The Morgan fingerprint density at radius 3 is 2.29 bits per heavy atom.